The monoisotopic (exact) mass is 345 g/mol. The van der Waals surface area contributed by atoms with Crippen LogP contribution >= 0.6 is 11.6 Å². The van der Waals surface area contributed by atoms with Crippen molar-refractivity contribution in [2.45, 2.75) is 26.3 Å². The number of benzene rings is 1. The topological polar surface area (TPSA) is 56.4 Å². The van der Waals surface area contributed by atoms with Gasteiger partial charge in [0.05, 0.1) is 5.92 Å². The molecule has 6 heteroatoms. The SMILES string of the molecule is CCN1C[C@H](C(=O)N2CCc3[nH]c4ccc(Cl)cc4c3C2)CC1=O. The lowest BCUT2D eigenvalue weighted by atomic mass is 10.0. The number of hydrogen-bond acceptors (Lipinski definition) is 2. The molecule has 1 saturated heterocycles. The van der Waals surface area contributed by atoms with Crippen LogP contribution < -0.4 is 0 Å². The predicted octanol–water partition coefficient (Wildman–Crippen LogP) is 2.57. The van der Waals surface area contributed by atoms with Crippen LogP contribution in [0, 0.1) is 5.92 Å². The summed E-state index contributed by atoms with van der Waals surface area (Å²) in [6.45, 7) is 4.47. The highest BCUT2D eigenvalue weighted by atomic mass is 35.5. The molecular formula is C18H20ClN3O2. The van der Waals surface area contributed by atoms with Crippen molar-refractivity contribution >= 4 is 34.3 Å². The first-order chi connectivity index (χ1) is 11.6. The van der Waals surface area contributed by atoms with Crippen molar-refractivity contribution in [3.05, 3.63) is 34.5 Å². The molecule has 1 fully saturated rings. The third kappa shape index (κ3) is 2.47. The summed E-state index contributed by atoms with van der Waals surface area (Å²) in [4.78, 5) is 31.9. The highest BCUT2D eigenvalue weighted by Gasteiger charge is 2.37. The van der Waals surface area contributed by atoms with Crippen LogP contribution in [0.3, 0.4) is 0 Å². The molecule has 0 saturated carbocycles. The zero-order valence-electron chi connectivity index (χ0n) is 13.6. The van der Waals surface area contributed by atoms with Crippen molar-refractivity contribution in [3.63, 3.8) is 0 Å². The van der Waals surface area contributed by atoms with E-state index < -0.39 is 0 Å². The van der Waals surface area contributed by atoms with E-state index in [-0.39, 0.29) is 17.7 Å². The average Bonchev–Trinajstić information content (AvgIpc) is 3.13. The number of nitrogens with zero attached hydrogens (tertiary/aromatic N) is 2. The van der Waals surface area contributed by atoms with E-state index in [0.29, 0.717) is 37.6 Å². The van der Waals surface area contributed by atoms with E-state index in [1.807, 2.05) is 30.0 Å². The maximum atomic E-state index is 12.9. The summed E-state index contributed by atoms with van der Waals surface area (Å²) >= 11 is 6.13. The first kappa shape index (κ1) is 15.5. The number of H-pyrrole nitrogens is 1. The Labute approximate surface area is 145 Å². The van der Waals surface area contributed by atoms with Crippen LogP contribution in [0.25, 0.3) is 10.9 Å². The van der Waals surface area contributed by atoms with Crippen molar-refractivity contribution in [3.8, 4) is 0 Å². The molecule has 2 amide bonds. The number of rotatable bonds is 2. The van der Waals surface area contributed by atoms with Gasteiger partial charge in [-0.25, -0.2) is 0 Å². The maximum Gasteiger partial charge on any atom is 0.228 e. The lowest BCUT2D eigenvalue weighted by Crippen LogP contribution is -2.40. The summed E-state index contributed by atoms with van der Waals surface area (Å²) in [5.41, 5.74) is 3.41. The van der Waals surface area contributed by atoms with Gasteiger partial charge >= 0.3 is 0 Å². The molecule has 0 spiro atoms. The number of halogens is 1. The molecule has 0 unspecified atom stereocenters. The van der Waals surface area contributed by atoms with E-state index in [1.54, 1.807) is 4.90 Å². The molecule has 5 nitrogen and oxygen atoms in total. The Morgan fingerprint density at radius 3 is 3.00 bits per heavy atom. The zero-order chi connectivity index (χ0) is 16.8. The number of carbonyl (C=O) groups excluding carboxylic acids is 2. The van der Waals surface area contributed by atoms with Gasteiger partial charge in [0.25, 0.3) is 0 Å². The molecule has 1 aromatic carbocycles. The number of hydrogen-bond donors (Lipinski definition) is 1. The van der Waals surface area contributed by atoms with Crippen molar-refractivity contribution < 1.29 is 9.59 Å². The molecule has 0 bridgehead atoms. The van der Waals surface area contributed by atoms with Gasteiger partial charge < -0.3 is 14.8 Å². The molecule has 1 N–H and O–H groups in total. The van der Waals surface area contributed by atoms with Gasteiger partial charge in [0.15, 0.2) is 0 Å². The lowest BCUT2D eigenvalue weighted by Gasteiger charge is -2.29. The Balaban J connectivity index is 1.58. The van der Waals surface area contributed by atoms with E-state index in [4.69, 9.17) is 11.6 Å². The first-order valence-corrected chi connectivity index (χ1v) is 8.80. The van der Waals surface area contributed by atoms with E-state index >= 15 is 0 Å². The molecule has 0 radical (unpaired) electrons. The highest BCUT2D eigenvalue weighted by molar-refractivity contribution is 6.31. The van der Waals surface area contributed by atoms with E-state index in [0.717, 1.165) is 22.9 Å². The first-order valence-electron chi connectivity index (χ1n) is 8.42. The lowest BCUT2D eigenvalue weighted by molar-refractivity contribution is -0.136. The van der Waals surface area contributed by atoms with Crippen molar-refractivity contribution in [2.75, 3.05) is 19.6 Å². The number of likely N-dealkylation sites (tertiary alicyclic amines) is 1. The smallest absolute Gasteiger partial charge is 0.228 e. The van der Waals surface area contributed by atoms with Gasteiger partial charge in [-0.2, -0.15) is 0 Å². The number of aromatic nitrogens is 1. The van der Waals surface area contributed by atoms with Crippen LogP contribution in [0.2, 0.25) is 5.02 Å². The van der Waals surface area contributed by atoms with Gasteiger partial charge in [-0.3, -0.25) is 9.59 Å². The molecule has 2 aliphatic heterocycles. The number of aromatic amines is 1. The van der Waals surface area contributed by atoms with E-state index in [9.17, 15) is 9.59 Å². The standard InChI is InChI=1S/C18H20ClN3O2/c1-2-21-9-11(7-17(21)23)18(24)22-6-5-16-14(10-22)13-8-12(19)3-4-15(13)20-16/h3-4,8,11,20H,2,5-7,9-10H2,1H3/t11-/m1/s1. The Bertz CT molecular complexity index is 829. The molecule has 24 heavy (non-hydrogen) atoms. The second kappa shape index (κ2) is 5.81. The summed E-state index contributed by atoms with van der Waals surface area (Å²) in [5.74, 6) is -0.0125. The van der Waals surface area contributed by atoms with E-state index in [1.165, 1.54) is 5.69 Å². The molecule has 1 atom stereocenters. The number of fused-ring (bicyclic) bond motifs is 3. The van der Waals surface area contributed by atoms with Crippen LogP contribution in [0.1, 0.15) is 24.6 Å². The fourth-order valence-corrected chi connectivity index (χ4v) is 4.05. The minimum absolute atomic E-state index is 0.0902. The Morgan fingerprint density at radius 2 is 2.25 bits per heavy atom. The molecule has 126 valence electrons. The quantitative estimate of drug-likeness (QED) is 0.909. The van der Waals surface area contributed by atoms with Crippen LogP contribution in [0.4, 0.5) is 0 Å². The molecule has 3 heterocycles. The Kier molecular flexibility index (Phi) is 3.76. The molecule has 2 aliphatic rings. The molecular weight excluding hydrogens is 326 g/mol. The highest BCUT2D eigenvalue weighted by Crippen LogP contribution is 2.31. The van der Waals surface area contributed by atoms with Crippen molar-refractivity contribution in [1.29, 1.82) is 0 Å². The summed E-state index contributed by atoms with van der Waals surface area (Å²) in [5, 5.41) is 1.79. The minimum Gasteiger partial charge on any atom is -0.358 e. The number of amides is 2. The van der Waals surface area contributed by atoms with Crippen LogP contribution in [0.15, 0.2) is 18.2 Å². The minimum atomic E-state index is -0.201. The van der Waals surface area contributed by atoms with Crippen LogP contribution in [-0.4, -0.2) is 46.2 Å². The second-order valence-electron chi connectivity index (χ2n) is 6.62. The van der Waals surface area contributed by atoms with Gasteiger partial charge in [-0.05, 0) is 25.1 Å². The molecule has 0 aliphatic carbocycles. The Morgan fingerprint density at radius 1 is 1.42 bits per heavy atom. The van der Waals surface area contributed by atoms with Gasteiger partial charge in [0, 0.05) is 66.2 Å². The zero-order valence-corrected chi connectivity index (χ0v) is 14.4. The number of nitrogens with one attached hydrogen (secondary N) is 1. The number of carbonyl (C=O) groups is 2. The predicted molar refractivity (Wildman–Crippen MR) is 92.8 cm³/mol. The van der Waals surface area contributed by atoms with Crippen LogP contribution in [-0.2, 0) is 22.6 Å². The molecule has 1 aromatic heterocycles. The molecule has 2 aromatic rings. The maximum absolute atomic E-state index is 12.9. The van der Waals surface area contributed by atoms with Gasteiger partial charge in [0.1, 0.15) is 0 Å². The van der Waals surface area contributed by atoms with Crippen LogP contribution in [0.5, 0.6) is 0 Å². The van der Waals surface area contributed by atoms with Crippen molar-refractivity contribution in [1.82, 2.24) is 14.8 Å². The summed E-state index contributed by atoms with van der Waals surface area (Å²) in [6, 6.07) is 5.81. The third-order valence-corrected chi connectivity index (χ3v) is 5.43. The Hall–Kier alpha value is -2.01. The summed E-state index contributed by atoms with van der Waals surface area (Å²) < 4.78 is 0. The fraction of sp³-hybridized carbons (Fsp3) is 0.444. The fourth-order valence-electron chi connectivity index (χ4n) is 3.88. The van der Waals surface area contributed by atoms with Gasteiger partial charge in [-0.15, -0.1) is 0 Å². The second-order valence-corrected chi connectivity index (χ2v) is 7.05. The summed E-state index contributed by atoms with van der Waals surface area (Å²) in [6.07, 6.45) is 1.15. The summed E-state index contributed by atoms with van der Waals surface area (Å²) in [7, 11) is 0. The third-order valence-electron chi connectivity index (χ3n) is 5.19. The van der Waals surface area contributed by atoms with Gasteiger partial charge in [0.2, 0.25) is 11.8 Å². The van der Waals surface area contributed by atoms with Gasteiger partial charge in [-0.1, -0.05) is 11.6 Å². The normalized spacial score (nSPS) is 20.8. The van der Waals surface area contributed by atoms with E-state index in [2.05, 4.69) is 4.98 Å². The van der Waals surface area contributed by atoms with Crippen molar-refractivity contribution in [2.24, 2.45) is 5.92 Å². The molecule has 4 rings (SSSR count). The largest absolute Gasteiger partial charge is 0.358 e. The average molecular weight is 346 g/mol.